The van der Waals surface area contributed by atoms with Gasteiger partial charge >= 0.3 is 0 Å². The predicted molar refractivity (Wildman–Crippen MR) is 77.0 cm³/mol. The molecule has 0 aliphatic heterocycles. The highest BCUT2D eigenvalue weighted by atomic mass is 16.6. The lowest BCUT2D eigenvalue weighted by Gasteiger charge is -2.27. The molecule has 2 saturated carbocycles. The number of hydrogen-bond acceptors (Lipinski definition) is 4. The average molecular weight is 292 g/mol. The maximum absolute atomic E-state index is 12.7. The SMILES string of the molecule is CN(C(=O)c1cc([N+](=O)[O-])cn1C1CC1)C(CN)C1CC1. The van der Waals surface area contributed by atoms with Gasteiger partial charge in [0.2, 0.25) is 0 Å². The lowest BCUT2D eigenvalue weighted by atomic mass is 10.1. The van der Waals surface area contributed by atoms with Gasteiger partial charge in [-0.25, -0.2) is 0 Å². The van der Waals surface area contributed by atoms with Gasteiger partial charge in [-0.05, 0) is 31.6 Å². The normalized spacial score (nSPS) is 19.3. The van der Waals surface area contributed by atoms with Crippen molar-refractivity contribution in [3.63, 3.8) is 0 Å². The van der Waals surface area contributed by atoms with Crippen molar-refractivity contribution < 1.29 is 9.72 Å². The lowest BCUT2D eigenvalue weighted by Crippen LogP contribution is -2.43. The largest absolute Gasteiger partial charge is 0.336 e. The summed E-state index contributed by atoms with van der Waals surface area (Å²) in [5.41, 5.74) is 6.17. The quantitative estimate of drug-likeness (QED) is 0.635. The fourth-order valence-corrected chi connectivity index (χ4v) is 2.87. The van der Waals surface area contributed by atoms with Gasteiger partial charge in [-0.15, -0.1) is 0 Å². The third-order valence-corrected chi connectivity index (χ3v) is 4.43. The number of carbonyl (C=O) groups excluding carboxylic acids is 1. The van der Waals surface area contributed by atoms with Gasteiger partial charge in [0.1, 0.15) is 5.69 Å². The van der Waals surface area contributed by atoms with Crippen LogP contribution in [0.15, 0.2) is 12.3 Å². The van der Waals surface area contributed by atoms with E-state index in [1.807, 2.05) is 0 Å². The summed E-state index contributed by atoms with van der Waals surface area (Å²) < 4.78 is 1.76. The van der Waals surface area contributed by atoms with Crippen LogP contribution >= 0.6 is 0 Å². The van der Waals surface area contributed by atoms with E-state index in [1.54, 1.807) is 16.5 Å². The Morgan fingerprint density at radius 1 is 1.52 bits per heavy atom. The van der Waals surface area contributed by atoms with Crippen LogP contribution in [-0.2, 0) is 0 Å². The van der Waals surface area contributed by atoms with Crippen LogP contribution in [0.4, 0.5) is 5.69 Å². The minimum absolute atomic E-state index is 0.0191. The third-order valence-electron chi connectivity index (χ3n) is 4.43. The second-order valence-electron chi connectivity index (χ2n) is 6.04. The molecule has 2 N–H and O–H groups in total. The number of amides is 1. The Morgan fingerprint density at radius 2 is 2.19 bits per heavy atom. The van der Waals surface area contributed by atoms with Crippen LogP contribution in [0.3, 0.4) is 0 Å². The molecule has 1 unspecified atom stereocenters. The molecule has 1 atom stereocenters. The van der Waals surface area contributed by atoms with Gasteiger partial charge in [-0.1, -0.05) is 0 Å². The van der Waals surface area contributed by atoms with Crippen LogP contribution in [0.25, 0.3) is 0 Å². The van der Waals surface area contributed by atoms with Gasteiger partial charge in [0, 0.05) is 31.7 Å². The van der Waals surface area contributed by atoms with E-state index >= 15 is 0 Å². The summed E-state index contributed by atoms with van der Waals surface area (Å²) in [6.07, 6.45) is 5.62. The van der Waals surface area contributed by atoms with Gasteiger partial charge in [0.25, 0.3) is 11.6 Å². The number of rotatable bonds is 6. The number of nitro groups is 1. The molecule has 0 aromatic carbocycles. The van der Waals surface area contributed by atoms with Crippen molar-refractivity contribution in [3.8, 4) is 0 Å². The molecule has 1 amide bonds. The summed E-state index contributed by atoms with van der Waals surface area (Å²) >= 11 is 0. The van der Waals surface area contributed by atoms with E-state index in [9.17, 15) is 14.9 Å². The van der Waals surface area contributed by atoms with Gasteiger partial charge in [-0.3, -0.25) is 14.9 Å². The summed E-state index contributed by atoms with van der Waals surface area (Å²) in [5.74, 6) is 0.306. The van der Waals surface area contributed by atoms with Crippen LogP contribution in [-0.4, -0.2) is 39.9 Å². The maximum atomic E-state index is 12.7. The van der Waals surface area contributed by atoms with Crippen LogP contribution < -0.4 is 5.73 Å². The minimum atomic E-state index is -0.447. The molecule has 0 saturated heterocycles. The summed E-state index contributed by atoms with van der Waals surface area (Å²) in [4.78, 5) is 24.9. The van der Waals surface area contributed by atoms with Crippen LogP contribution in [0, 0.1) is 16.0 Å². The predicted octanol–water partition coefficient (Wildman–Crippen LogP) is 1.54. The van der Waals surface area contributed by atoms with Crippen molar-refractivity contribution >= 4 is 11.6 Å². The molecule has 7 heteroatoms. The molecule has 1 heterocycles. The fourth-order valence-electron chi connectivity index (χ4n) is 2.87. The number of aromatic nitrogens is 1. The molecule has 21 heavy (non-hydrogen) atoms. The van der Waals surface area contributed by atoms with Gasteiger partial charge in [-0.2, -0.15) is 0 Å². The van der Waals surface area contributed by atoms with E-state index < -0.39 is 4.92 Å². The lowest BCUT2D eigenvalue weighted by molar-refractivity contribution is -0.384. The molecular formula is C14H20N4O3. The van der Waals surface area contributed by atoms with E-state index in [1.165, 1.54) is 12.3 Å². The van der Waals surface area contributed by atoms with Gasteiger partial charge in [0.15, 0.2) is 0 Å². The molecule has 0 spiro atoms. The molecule has 2 aliphatic carbocycles. The van der Waals surface area contributed by atoms with Crippen molar-refractivity contribution in [3.05, 3.63) is 28.1 Å². The number of nitrogens with two attached hydrogens (primary N) is 1. The zero-order valence-electron chi connectivity index (χ0n) is 12.1. The van der Waals surface area contributed by atoms with Crippen LogP contribution in [0.2, 0.25) is 0 Å². The van der Waals surface area contributed by atoms with Crippen molar-refractivity contribution in [2.75, 3.05) is 13.6 Å². The summed E-state index contributed by atoms with van der Waals surface area (Å²) in [6.45, 7) is 0.430. The highest BCUT2D eigenvalue weighted by Gasteiger charge is 2.37. The highest BCUT2D eigenvalue weighted by Crippen LogP contribution is 2.39. The molecule has 0 bridgehead atoms. The first-order valence-electron chi connectivity index (χ1n) is 7.36. The molecule has 1 aromatic rings. The summed E-state index contributed by atoms with van der Waals surface area (Å²) in [5, 5.41) is 11.0. The zero-order valence-corrected chi connectivity index (χ0v) is 12.1. The standard InChI is InChI=1S/C14H20N4O3/c1-16(13(7-15)9-2-3-9)14(19)12-6-11(18(20)21)8-17(12)10-4-5-10/h6,8-10,13H,2-5,7,15H2,1H3. The topological polar surface area (TPSA) is 94.4 Å². The van der Waals surface area contributed by atoms with Crippen molar-refractivity contribution in [1.29, 1.82) is 0 Å². The van der Waals surface area contributed by atoms with Crippen molar-refractivity contribution in [1.82, 2.24) is 9.47 Å². The zero-order chi connectivity index (χ0) is 15.1. The first-order valence-corrected chi connectivity index (χ1v) is 7.36. The van der Waals surface area contributed by atoms with E-state index in [0.29, 0.717) is 18.2 Å². The molecule has 2 aliphatic rings. The number of carbonyl (C=O) groups is 1. The fraction of sp³-hybridized carbons (Fsp3) is 0.643. The molecule has 0 radical (unpaired) electrons. The Morgan fingerprint density at radius 3 is 2.67 bits per heavy atom. The first kappa shape index (κ1) is 14.1. The molecule has 3 rings (SSSR count). The second kappa shape index (κ2) is 5.14. The minimum Gasteiger partial charge on any atom is -0.336 e. The smallest absolute Gasteiger partial charge is 0.287 e. The first-order chi connectivity index (χ1) is 10.0. The van der Waals surface area contributed by atoms with E-state index in [-0.39, 0.29) is 23.7 Å². The third kappa shape index (κ3) is 2.65. The number of likely N-dealkylation sites (N-methyl/N-ethyl adjacent to an activating group) is 1. The molecule has 7 nitrogen and oxygen atoms in total. The number of nitrogens with zero attached hydrogens (tertiary/aromatic N) is 3. The molecule has 2 fully saturated rings. The van der Waals surface area contributed by atoms with Crippen molar-refractivity contribution in [2.45, 2.75) is 37.8 Å². The van der Waals surface area contributed by atoms with Gasteiger partial charge in [0.05, 0.1) is 11.1 Å². The van der Waals surface area contributed by atoms with Crippen molar-refractivity contribution in [2.24, 2.45) is 11.7 Å². The Hall–Kier alpha value is -1.89. The Bertz CT molecular complexity index is 575. The maximum Gasteiger partial charge on any atom is 0.287 e. The average Bonchev–Trinajstić information content (AvgIpc) is 3.37. The van der Waals surface area contributed by atoms with Gasteiger partial charge < -0.3 is 15.2 Å². The van der Waals surface area contributed by atoms with E-state index in [0.717, 1.165) is 25.7 Å². The summed E-state index contributed by atoms with van der Waals surface area (Å²) in [7, 11) is 1.74. The van der Waals surface area contributed by atoms with Crippen LogP contribution in [0.1, 0.15) is 42.2 Å². The Labute approximate surface area is 122 Å². The van der Waals surface area contributed by atoms with E-state index in [4.69, 9.17) is 5.73 Å². The molecule has 114 valence electrons. The number of hydrogen-bond donors (Lipinski definition) is 1. The monoisotopic (exact) mass is 292 g/mol. The highest BCUT2D eigenvalue weighted by molar-refractivity contribution is 5.93. The second-order valence-corrected chi connectivity index (χ2v) is 6.04. The Kier molecular flexibility index (Phi) is 3.44. The van der Waals surface area contributed by atoms with Crippen LogP contribution in [0.5, 0.6) is 0 Å². The molecule has 1 aromatic heterocycles. The summed E-state index contributed by atoms with van der Waals surface area (Å²) in [6, 6.07) is 1.64. The van der Waals surface area contributed by atoms with E-state index in [2.05, 4.69) is 0 Å². The Balaban J connectivity index is 1.87. The molecular weight excluding hydrogens is 272 g/mol.